The standard InChI is InChI=1S/C18H14FN3O2S/c1-11-20-10-16(25-11)18(24)22-14-6-2-4-12(8-14)17(23)21-15-7-3-5-13(19)9-15/h2-10H,1H3,(H,21,23)(H,22,24). The van der Waals surface area contributed by atoms with E-state index in [-0.39, 0.29) is 5.91 Å². The summed E-state index contributed by atoms with van der Waals surface area (Å²) in [5.74, 6) is -1.11. The number of nitrogens with zero attached hydrogens (tertiary/aromatic N) is 1. The number of anilines is 2. The highest BCUT2D eigenvalue weighted by molar-refractivity contribution is 7.13. The average Bonchev–Trinajstić information content (AvgIpc) is 3.02. The van der Waals surface area contributed by atoms with Gasteiger partial charge in [-0.15, -0.1) is 11.3 Å². The Hall–Kier alpha value is -3.06. The lowest BCUT2D eigenvalue weighted by Gasteiger charge is -2.08. The third-order valence-corrected chi connectivity index (χ3v) is 4.22. The minimum Gasteiger partial charge on any atom is -0.322 e. The van der Waals surface area contributed by atoms with Gasteiger partial charge in [0.15, 0.2) is 0 Å². The number of hydrogen-bond donors (Lipinski definition) is 2. The summed E-state index contributed by atoms with van der Waals surface area (Å²) in [6.07, 6.45) is 1.51. The number of aromatic nitrogens is 1. The number of nitrogens with one attached hydrogen (secondary N) is 2. The predicted octanol–water partition coefficient (Wildman–Crippen LogP) is 4.10. The van der Waals surface area contributed by atoms with Crippen molar-refractivity contribution < 1.29 is 14.0 Å². The number of halogens is 1. The molecule has 0 fully saturated rings. The zero-order valence-electron chi connectivity index (χ0n) is 13.2. The largest absolute Gasteiger partial charge is 0.322 e. The number of benzene rings is 2. The smallest absolute Gasteiger partial charge is 0.267 e. The van der Waals surface area contributed by atoms with Gasteiger partial charge in [-0.05, 0) is 43.3 Å². The number of rotatable bonds is 4. The summed E-state index contributed by atoms with van der Waals surface area (Å²) < 4.78 is 13.2. The van der Waals surface area contributed by atoms with E-state index in [1.807, 2.05) is 6.92 Å². The van der Waals surface area contributed by atoms with Crippen molar-refractivity contribution in [1.29, 1.82) is 0 Å². The molecule has 0 radical (unpaired) electrons. The van der Waals surface area contributed by atoms with Crippen LogP contribution in [0.4, 0.5) is 15.8 Å². The van der Waals surface area contributed by atoms with Gasteiger partial charge in [0.2, 0.25) is 0 Å². The molecule has 1 aromatic heterocycles. The highest BCUT2D eigenvalue weighted by atomic mass is 32.1. The van der Waals surface area contributed by atoms with Crippen LogP contribution < -0.4 is 10.6 Å². The Bertz CT molecular complexity index is 939. The molecule has 25 heavy (non-hydrogen) atoms. The quantitative estimate of drug-likeness (QED) is 0.740. The van der Waals surface area contributed by atoms with Crippen LogP contribution >= 0.6 is 11.3 Å². The first-order chi connectivity index (χ1) is 12.0. The van der Waals surface area contributed by atoms with E-state index in [9.17, 15) is 14.0 Å². The number of carbonyl (C=O) groups is 2. The van der Waals surface area contributed by atoms with Gasteiger partial charge in [0.1, 0.15) is 10.7 Å². The maximum absolute atomic E-state index is 13.2. The van der Waals surface area contributed by atoms with E-state index in [0.717, 1.165) is 5.01 Å². The predicted molar refractivity (Wildman–Crippen MR) is 95.6 cm³/mol. The molecule has 2 amide bonds. The third kappa shape index (κ3) is 4.27. The molecule has 126 valence electrons. The summed E-state index contributed by atoms with van der Waals surface area (Å²) in [5.41, 5.74) is 1.20. The molecular weight excluding hydrogens is 341 g/mol. The van der Waals surface area contributed by atoms with Crippen molar-refractivity contribution in [1.82, 2.24) is 4.98 Å². The first-order valence-corrected chi connectivity index (χ1v) is 8.24. The van der Waals surface area contributed by atoms with Gasteiger partial charge in [0.25, 0.3) is 11.8 Å². The lowest BCUT2D eigenvalue weighted by atomic mass is 10.1. The summed E-state index contributed by atoms with van der Waals surface area (Å²) in [6.45, 7) is 1.82. The summed E-state index contributed by atoms with van der Waals surface area (Å²) in [4.78, 5) is 29.0. The molecule has 3 aromatic rings. The second kappa shape index (κ2) is 7.23. The van der Waals surface area contributed by atoms with E-state index in [0.29, 0.717) is 21.8 Å². The van der Waals surface area contributed by atoms with Crippen molar-refractivity contribution in [3.63, 3.8) is 0 Å². The van der Waals surface area contributed by atoms with Gasteiger partial charge < -0.3 is 10.6 Å². The fraction of sp³-hybridized carbons (Fsp3) is 0.0556. The molecule has 0 aliphatic rings. The second-order valence-electron chi connectivity index (χ2n) is 5.24. The van der Waals surface area contributed by atoms with Crippen LogP contribution in [-0.4, -0.2) is 16.8 Å². The van der Waals surface area contributed by atoms with Crippen LogP contribution in [0, 0.1) is 12.7 Å². The molecule has 0 saturated carbocycles. The zero-order valence-corrected chi connectivity index (χ0v) is 14.1. The van der Waals surface area contributed by atoms with Crippen LogP contribution in [-0.2, 0) is 0 Å². The molecule has 0 spiro atoms. The van der Waals surface area contributed by atoms with Crippen molar-refractivity contribution in [3.8, 4) is 0 Å². The van der Waals surface area contributed by atoms with Crippen LogP contribution in [0.3, 0.4) is 0 Å². The first-order valence-electron chi connectivity index (χ1n) is 7.42. The molecule has 0 aliphatic carbocycles. The van der Waals surface area contributed by atoms with Gasteiger partial charge >= 0.3 is 0 Å². The van der Waals surface area contributed by atoms with Gasteiger partial charge in [-0.25, -0.2) is 9.37 Å². The van der Waals surface area contributed by atoms with Crippen molar-refractivity contribution in [2.75, 3.05) is 10.6 Å². The van der Waals surface area contributed by atoms with Crippen LogP contribution in [0.2, 0.25) is 0 Å². The third-order valence-electron chi connectivity index (χ3n) is 3.31. The summed E-state index contributed by atoms with van der Waals surface area (Å²) in [5, 5.41) is 6.15. The Balaban J connectivity index is 1.72. The number of hydrogen-bond acceptors (Lipinski definition) is 4. The number of aryl methyl sites for hydroxylation is 1. The SMILES string of the molecule is Cc1ncc(C(=O)Nc2cccc(C(=O)Nc3cccc(F)c3)c2)s1. The van der Waals surface area contributed by atoms with Crippen LogP contribution in [0.1, 0.15) is 25.0 Å². The summed E-state index contributed by atoms with van der Waals surface area (Å²) in [6, 6.07) is 12.2. The van der Waals surface area contributed by atoms with E-state index >= 15 is 0 Å². The van der Waals surface area contributed by atoms with E-state index < -0.39 is 11.7 Å². The number of thiazole rings is 1. The minimum atomic E-state index is -0.432. The molecular formula is C18H14FN3O2S. The van der Waals surface area contributed by atoms with Gasteiger partial charge in [-0.1, -0.05) is 12.1 Å². The Kier molecular flexibility index (Phi) is 4.85. The fourth-order valence-electron chi connectivity index (χ4n) is 2.17. The fourth-order valence-corrected chi connectivity index (χ4v) is 2.84. The zero-order chi connectivity index (χ0) is 17.8. The molecule has 0 saturated heterocycles. The monoisotopic (exact) mass is 355 g/mol. The molecule has 3 rings (SSSR count). The molecule has 5 nitrogen and oxygen atoms in total. The maximum Gasteiger partial charge on any atom is 0.267 e. The average molecular weight is 355 g/mol. The number of carbonyl (C=O) groups excluding carboxylic acids is 2. The van der Waals surface area contributed by atoms with Gasteiger partial charge in [-0.2, -0.15) is 0 Å². The van der Waals surface area contributed by atoms with Crippen molar-refractivity contribution in [2.24, 2.45) is 0 Å². The Morgan fingerprint density at radius 1 is 1.00 bits per heavy atom. The van der Waals surface area contributed by atoms with Crippen LogP contribution in [0.15, 0.2) is 54.7 Å². The molecule has 7 heteroatoms. The van der Waals surface area contributed by atoms with E-state index in [1.165, 1.54) is 35.7 Å². The van der Waals surface area contributed by atoms with Crippen molar-refractivity contribution in [3.05, 3.63) is 76.0 Å². The maximum atomic E-state index is 13.2. The topological polar surface area (TPSA) is 71.1 Å². The molecule has 2 N–H and O–H groups in total. The summed E-state index contributed by atoms with van der Waals surface area (Å²) in [7, 11) is 0. The van der Waals surface area contributed by atoms with Gasteiger partial charge in [0.05, 0.1) is 11.2 Å². The normalized spacial score (nSPS) is 10.3. The van der Waals surface area contributed by atoms with Gasteiger partial charge in [-0.3, -0.25) is 9.59 Å². The molecule has 0 bridgehead atoms. The highest BCUT2D eigenvalue weighted by Crippen LogP contribution is 2.17. The lowest BCUT2D eigenvalue weighted by Crippen LogP contribution is -2.14. The van der Waals surface area contributed by atoms with E-state index in [2.05, 4.69) is 15.6 Å². The Morgan fingerprint density at radius 3 is 2.36 bits per heavy atom. The van der Waals surface area contributed by atoms with Gasteiger partial charge in [0, 0.05) is 16.9 Å². The highest BCUT2D eigenvalue weighted by Gasteiger charge is 2.11. The molecule has 2 aromatic carbocycles. The molecule has 0 unspecified atom stereocenters. The minimum absolute atomic E-state index is 0.284. The van der Waals surface area contributed by atoms with E-state index in [4.69, 9.17) is 0 Å². The Morgan fingerprint density at radius 2 is 1.68 bits per heavy atom. The van der Waals surface area contributed by atoms with Crippen molar-refractivity contribution in [2.45, 2.75) is 6.92 Å². The second-order valence-corrected chi connectivity index (χ2v) is 6.48. The Labute approximate surface area is 147 Å². The number of amides is 2. The molecule has 1 heterocycles. The summed E-state index contributed by atoms with van der Waals surface area (Å²) >= 11 is 1.29. The molecule has 0 atom stereocenters. The van der Waals surface area contributed by atoms with E-state index in [1.54, 1.807) is 30.3 Å². The van der Waals surface area contributed by atoms with Crippen LogP contribution in [0.5, 0.6) is 0 Å². The van der Waals surface area contributed by atoms with Crippen LogP contribution in [0.25, 0.3) is 0 Å². The molecule has 0 aliphatic heterocycles. The lowest BCUT2D eigenvalue weighted by molar-refractivity contribution is 0.101. The first kappa shape index (κ1) is 16.8. The van der Waals surface area contributed by atoms with Crippen molar-refractivity contribution >= 4 is 34.5 Å².